The lowest BCUT2D eigenvalue weighted by molar-refractivity contribution is 0.119. The van der Waals surface area contributed by atoms with Crippen LogP contribution in [0.1, 0.15) is 20.8 Å². The van der Waals surface area contributed by atoms with Crippen molar-refractivity contribution in [1.29, 1.82) is 0 Å². The molecule has 0 amide bonds. The minimum atomic E-state index is -0.339. The predicted molar refractivity (Wildman–Crippen MR) is 43.5 cm³/mol. The smallest absolute Gasteiger partial charge is 0.0948 e. The molecule has 3 nitrogen and oxygen atoms in total. The third-order valence-electron chi connectivity index (χ3n) is 1.67. The Morgan fingerprint density at radius 3 is 2.36 bits per heavy atom. The minimum Gasteiger partial charge on any atom is -0.389 e. The second-order valence-corrected chi connectivity index (χ2v) is 4.11. The fourth-order valence-corrected chi connectivity index (χ4v) is 1.24. The molecule has 0 aromatic heterocycles. The van der Waals surface area contributed by atoms with Crippen molar-refractivity contribution < 1.29 is 9.84 Å². The Morgan fingerprint density at radius 1 is 1.36 bits per heavy atom. The van der Waals surface area contributed by atoms with E-state index in [4.69, 9.17) is 4.74 Å². The summed E-state index contributed by atoms with van der Waals surface area (Å²) >= 11 is 0. The topological polar surface area (TPSA) is 41.5 Å². The van der Waals surface area contributed by atoms with Gasteiger partial charge in [0, 0.05) is 5.54 Å². The predicted octanol–water partition coefficient (Wildman–Crippen LogP) is 0.134. The van der Waals surface area contributed by atoms with Crippen LogP contribution in [0.2, 0.25) is 0 Å². The SMILES string of the molecule is CC(C)(C)N[C@H]1COC[C@@H]1O. The van der Waals surface area contributed by atoms with Gasteiger partial charge in [-0.25, -0.2) is 0 Å². The summed E-state index contributed by atoms with van der Waals surface area (Å²) in [4.78, 5) is 0. The van der Waals surface area contributed by atoms with Gasteiger partial charge in [-0.2, -0.15) is 0 Å². The summed E-state index contributed by atoms with van der Waals surface area (Å²) in [7, 11) is 0. The van der Waals surface area contributed by atoms with Gasteiger partial charge in [-0.05, 0) is 20.8 Å². The number of ether oxygens (including phenoxy) is 1. The maximum Gasteiger partial charge on any atom is 0.0948 e. The molecular weight excluding hydrogens is 142 g/mol. The number of aliphatic hydroxyl groups is 1. The molecular formula is C8H17NO2. The summed E-state index contributed by atoms with van der Waals surface area (Å²) in [5, 5.41) is 12.7. The molecule has 0 radical (unpaired) electrons. The number of hydrogen-bond acceptors (Lipinski definition) is 3. The molecule has 1 saturated heterocycles. The molecule has 0 aromatic carbocycles. The number of aliphatic hydroxyl groups excluding tert-OH is 1. The standard InChI is InChI=1S/C8H17NO2/c1-8(2,3)9-6-4-11-5-7(6)10/h6-7,9-10H,4-5H2,1-3H3/t6-,7-/m0/s1. The van der Waals surface area contributed by atoms with E-state index in [-0.39, 0.29) is 17.7 Å². The number of hydrogen-bond donors (Lipinski definition) is 2. The zero-order valence-corrected chi connectivity index (χ0v) is 7.42. The third-order valence-corrected chi connectivity index (χ3v) is 1.67. The normalized spacial score (nSPS) is 32.7. The molecule has 1 rings (SSSR count). The zero-order chi connectivity index (χ0) is 8.48. The Hall–Kier alpha value is -0.120. The van der Waals surface area contributed by atoms with Crippen LogP contribution in [-0.2, 0) is 4.74 Å². The summed E-state index contributed by atoms with van der Waals surface area (Å²) in [5.74, 6) is 0. The Kier molecular flexibility index (Phi) is 2.52. The van der Waals surface area contributed by atoms with Gasteiger partial charge in [-0.1, -0.05) is 0 Å². The molecule has 1 fully saturated rings. The molecule has 0 saturated carbocycles. The fraction of sp³-hybridized carbons (Fsp3) is 1.00. The van der Waals surface area contributed by atoms with Crippen LogP contribution in [0.4, 0.5) is 0 Å². The van der Waals surface area contributed by atoms with Crippen LogP contribution >= 0.6 is 0 Å². The summed E-state index contributed by atoms with van der Waals surface area (Å²) < 4.78 is 5.10. The molecule has 0 unspecified atom stereocenters. The van der Waals surface area contributed by atoms with Gasteiger partial charge in [0.05, 0.1) is 25.4 Å². The maximum atomic E-state index is 9.36. The van der Waals surface area contributed by atoms with E-state index in [0.29, 0.717) is 13.2 Å². The average Bonchev–Trinajstić information content (AvgIpc) is 2.12. The first-order chi connectivity index (χ1) is 4.99. The summed E-state index contributed by atoms with van der Waals surface area (Å²) in [6.07, 6.45) is -0.339. The molecule has 66 valence electrons. The van der Waals surface area contributed by atoms with Crippen molar-refractivity contribution in [2.45, 2.75) is 38.5 Å². The summed E-state index contributed by atoms with van der Waals surface area (Å²) in [6.45, 7) is 7.33. The first-order valence-electron chi connectivity index (χ1n) is 4.02. The van der Waals surface area contributed by atoms with E-state index in [1.807, 2.05) is 0 Å². The largest absolute Gasteiger partial charge is 0.389 e. The molecule has 3 heteroatoms. The summed E-state index contributed by atoms with van der Waals surface area (Å²) in [6, 6.07) is 0.106. The quantitative estimate of drug-likeness (QED) is 0.571. The highest BCUT2D eigenvalue weighted by molar-refractivity contribution is 4.86. The molecule has 0 aliphatic carbocycles. The van der Waals surface area contributed by atoms with E-state index in [2.05, 4.69) is 26.1 Å². The highest BCUT2D eigenvalue weighted by atomic mass is 16.5. The van der Waals surface area contributed by atoms with Crippen LogP contribution in [0.15, 0.2) is 0 Å². The molecule has 0 aromatic rings. The van der Waals surface area contributed by atoms with E-state index in [1.54, 1.807) is 0 Å². The van der Waals surface area contributed by atoms with Crippen molar-refractivity contribution in [2.75, 3.05) is 13.2 Å². The van der Waals surface area contributed by atoms with E-state index in [1.165, 1.54) is 0 Å². The molecule has 0 bridgehead atoms. The van der Waals surface area contributed by atoms with Gasteiger partial charge < -0.3 is 15.2 Å². The van der Waals surface area contributed by atoms with Gasteiger partial charge in [-0.15, -0.1) is 0 Å². The highest BCUT2D eigenvalue weighted by Gasteiger charge is 2.28. The van der Waals surface area contributed by atoms with Gasteiger partial charge in [0.2, 0.25) is 0 Å². The van der Waals surface area contributed by atoms with Gasteiger partial charge in [-0.3, -0.25) is 0 Å². The maximum absolute atomic E-state index is 9.36. The Labute approximate surface area is 67.7 Å². The molecule has 2 N–H and O–H groups in total. The Morgan fingerprint density at radius 2 is 2.00 bits per heavy atom. The van der Waals surface area contributed by atoms with Gasteiger partial charge >= 0.3 is 0 Å². The van der Waals surface area contributed by atoms with Gasteiger partial charge in [0.25, 0.3) is 0 Å². The van der Waals surface area contributed by atoms with Gasteiger partial charge in [0.1, 0.15) is 0 Å². The van der Waals surface area contributed by atoms with Crippen LogP contribution in [0.3, 0.4) is 0 Å². The van der Waals surface area contributed by atoms with Crippen molar-refractivity contribution in [3.8, 4) is 0 Å². The van der Waals surface area contributed by atoms with Crippen LogP contribution in [-0.4, -0.2) is 36.0 Å². The first-order valence-corrected chi connectivity index (χ1v) is 4.02. The minimum absolute atomic E-state index is 0.0549. The van der Waals surface area contributed by atoms with Crippen molar-refractivity contribution in [3.05, 3.63) is 0 Å². The van der Waals surface area contributed by atoms with Crippen LogP contribution in [0.5, 0.6) is 0 Å². The van der Waals surface area contributed by atoms with Gasteiger partial charge in [0.15, 0.2) is 0 Å². The Balaban J connectivity index is 2.37. The van der Waals surface area contributed by atoms with E-state index >= 15 is 0 Å². The van der Waals surface area contributed by atoms with Crippen molar-refractivity contribution in [1.82, 2.24) is 5.32 Å². The molecule has 1 aliphatic heterocycles. The Bertz CT molecular complexity index is 131. The van der Waals surface area contributed by atoms with Crippen molar-refractivity contribution in [2.24, 2.45) is 0 Å². The number of nitrogens with one attached hydrogen (secondary N) is 1. The molecule has 0 spiro atoms. The average molecular weight is 159 g/mol. The first kappa shape index (κ1) is 8.97. The number of rotatable bonds is 1. The molecule has 1 heterocycles. The van der Waals surface area contributed by atoms with Crippen LogP contribution < -0.4 is 5.32 Å². The van der Waals surface area contributed by atoms with Crippen LogP contribution in [0.25, 0.3) is 0 Å². The van der Waals surface area contributed by atoms with Crippen molar-refractivity contribution in [3.63, 3.8) is 0 Å². The van der Waals surface area contributed by atoms with Crippen LogP contribution in [0, 0.1) is 0 Å². The monoisotopic (exact) mass is 159 g/mol. The highest BCUT2D eigenvalue weighted by Crippen LogP contribution is 2.09. The van der Waals surface area contributed by atoms with E-state index in [0.717, 1.165) is 0 Å². The zero-order valence-electron chi connectivity index (χ0n) is 7.42. The second kappa shape index (κ2) is 3.09. The van der Waals surface area contributed by atoms with E-state index in [9.17, 15) is 5.11 Å². The second-order valence-electron chi connectivity index (χ2n) is 4.11. The molecule has 1 aliphatic rings. The fourth-order valence-electron chi connectivity index (χ4n) is 1.24. The lowest BCUT2D eigenvalue weighted by atomic mass is 10.1. The summed E-state index contributed by atoms with van der Waals surface area (Å²) in [5.41, 5.74) is 0.0549. The lowest BCUT2D eigenvalue weighted by Gasteiger charge is -2.26. The molecule has 2 atom stereocenters. The molecule has 11 heavy (non-hydrogen) atoms. The van der Waals surface area contributed by atoms with E-state index < -0.39 is 0 Å². The van der Waals surface area contributed by atoms with Crippen molar-refractivity contribution >= 4 is 0 Å². The third kappa shape index (κ3) is 2.77. The lowest BCUT2D eigenvalue weighted by Crippen LogP contribution is -2.48.